The van der Waals surface area contributed by atoms with Gasteiger partial charge in [0.15, 0.2) is 0 Å². The molecule has 4 fully saturated rings. The van der Waals surface area contributed by atoms with Gasteiger partial charge >= 0.3 is 17.9 Å². The molecule has 16 heteroatoms. The molecule has 4 saturated heterocycles. The number of phenols is 1. The molecule has 0 aromatic heterocycles. The summed E-state index contributed by atoms with van der Waals surface area (Å²) in [5, 5.41) is 16.1. The summed E-state index contributed by atoms with van der Waals surface area (Å²) >= 11 is 2.18. The number of hydrogen-bond acceptors (Lipinski definition) is 12. The highest BCUT2D eigenvalue weighted by Gasteiger charge is 2.74. The van der Waals surface area contributed by atoms with Crippen LogP contribution in [0.5, 0.6) is 11.5 Å². The van der Waals surface area contributed by atoms with E-state index < -0.39 is 83.4 Å². The van der Waals surface area contributed by atoms with Crippen LogP contribution in [0.3, 0.4) is 0 Å². The van der Waals surface area contributed by atoms with Gasteiger partial charge in [0.1, 0.15) is 66.9 Å². The standard InChI is InChI=1S/C59H51IN4O11/c1-2-28-73-56(69)47-50-57(70)75-51(37-16-10-5-11-17-37)49(35-14-8-4-9-15-35)64(50)52(59(47)43-32-39(60)22-27-44(43)62-58(59)71)38-20-25-41(26-21-38)72-29-30-74-55(68)42-33-46-53(66)61-45(31-34-12-6-3-7-13-34)54(67)63(46)48(42)36-18-23-40(65)24-19-36/h2-27,32,42,45-52,65H,1,28-31,33H2,(H,61,66)(H,62,71)/t42-,45-,46-,47-,48-,49-,50-,51+,52+,59-/m0/s1. The number of carbonyl (C=O) groups is 6. The number of nitrogens with zero attached hydrogens (tertiary/aromatic N) is 2. The molecule has 3 N–H and O–H groups in total. The van der Waals surface area contributed by atoms with Crippen LogP contribution < -0.4 is 15.4 Å². The van der Waals surface area contributed by atoms with E-state index in [1.54, 1.807) is 30.3 Å². The first-order chi connectivity index (χ1) is 36.5. The molecule has 5 heterocycles. The van der Waals surface area contributed by atoms with Gasteiger partial charge in [0.25, 0.3) is 0 Å². The van der Waals surface area contributed by atoms with Gasteiger partial charge in [-0.05, 0) is 105 Å². The van der Waals surface area contributed by atoms with Gasteiger partial charge in [-0.1, -0.05) is 128 Å². The van der Waals surface area contributed by atoms with Crippen molar-refractivity contribution in [3.63, 3.8) is 0 Å². The summed E-state index contributed by atoms with van der Waals surface area (Å²) in [5.41, 5.74) is 2.91. The summed E-state index contributed by atoms with van der Waals surface area (Å²) in [6, 6.07) is 41.7. The third-order valence-electron chi connectivity index (χ3n) is 15.1. The van der Waals surface area contributed by atoms with E-state index in [9.17, 15) is 29.1 Å². The lowest BCUT2D eigenvalue weighted by atomic mass is 9.65. The third-order valence-corrected chi connectivity index (χ3v) is 15.8. The Morgan fingerprint density at radius 1 is 0.747 bits per heavy atom. The number of carbonyl (C=O) groups excluding carboxylic acids is 6. The summed E-state index contributed by atoms with van der Waals surface area (Å²) in [6.45, 7) is 3.35. The summed E-state index contributed by atoms with van der Waals surface area (Å²) < 4.78 is 25.1. The number of aromatic hydroxyl groups is 1. The largest absolute Gasteiger partial charge is 0.508 e. The summed E-state index contributed by atoms with van der Waals surface area (Å²) in [7, 11) is 0. The topological polar surface area (TPSA) is 190 Å². The first-order valence-corrected chi connectivity index (χ1v) is 25.9. The Bertz CT molecular complexity index is 3180. The molecule has 0 bridgehead atoms. The first-order valence-electron chi connectivity index (χ1n) is 24.8. The predicted molar refractivity (Wildman–Crippen MR) is 282 cm³/mol. The van der Waals surface area contributed by atoms with Crippen LogP contribution in [-0.2, 0) is 54.8 Å². The third kappa shape index (κ3) is 8.78. The fraction of sp³-hybridized carbons (Fsp3) is 0.254. The number of cyclic esters (lactones) is 1. The molecule has 5 aliphatic rings. The van der Waals surface area contributed by atoms with Crippen molar-refractivity contribution in [3.05, 3.63) is 207 Å². The number of benzene rings is 6. The number of nitrogens with one attached hydrogen (secondary N) is 2. The Balaban J connectivity index is 0.891. The molecule has 75 heavy (non-hydrogen) atoms. The van der Waals surface area contributed by atoms with E-state index in [2.05, 4.69) is 39.8 Å². The lowest BCUT2D eigenvalue weighted by Gasteiger charge is -2.46. The molecule has 11 rings (SSSR count). The lowest BCUT2D eigenvalue weighted by molar-refractivity contribution is -0.180. The number of amides is 3. The van der Waals surface area contributed by atoms with Crippen molar-refractivity contribution in [2.75, 3.05) is 25.1 Å². The Morgan fingerprint density at radius 3 is 2.09 bits per heavy atom. The first kappa shape index (κ1) is 49.4. The second-order valence-electron chi connectivity index (χ2n) is 19.3. The van der Waals surface area contributed by atoms with Gasteiger partial charge in [-0.2, -0.15) is 0 Å². The number of anilines is 1. The fourth-order valence-electron chi connectivity index (χ4n) is 12.1. The monoisotopic (exact) mass is 1120 g/mol. The summed E-state index contributed by atoms with van der Waals surface area (Å²) in [4.78, 5) is 90.4. The van der Waals surface area contributed by atoms with Gasteiger partial charge in [0, 0.05) is 15.7 Å². The maximum Gasteiger partial charge on any atom is 0.325 e. The molecule has 5 aliphatic heterocycles. The van der Waals surface area contributed by atoms with Crippen molar-refractivity contribution >= 4 is 63.9 Å². The zero-order valence-electron chi connectivity index (χ0n) is 40.3. The van der Waals surface area contributed by atoms with E-state index in [0.29, 0.717) is 28.1 Å². The molecular formula is C59H51IN4O11. The highest BCUT2D eigenvalue weighted by atomic mass is 127. The maximum absolute atomic E-state index is 15.2. The van der Waals surface area contributed by atoms with Gasteiger partial charge in [-0.15, -0.1) is 0 Å². The minimum absolute atomic E-state index is 0.00999. The smallest absolute Gasteiger partial charge is 0.325 e. The summed E-state index contributed by atoms with van der Waals surface area (Å²) in [6.07, 6.45) is 0.901. The number of phenolic OH excluding ortho intramolecular Hbond substituents is 1. The molecule has 1 spiro atoms. The second-order valence-corrected chi connectivity index (χ2v) is 20.5. The minimum Gasteiger partial charge on any atom is -0.508 e. The van der Waals surface area contributed by atoms with Crippen LogP contribution >= 0.6 is 22.6 Å². The molecule has 3 amide bonds. The highest BCUT2D eigenvalue weighted by Crippen LogP contribution is 2.65. The van der Waals surface area contributed by atoms with Gasteiger partial charge in [0.05, 0.1) is 24.0 Å². The van der Waals surface area contributed by atoms with Crippen molar-refractivity contribution in [1.82, 2.24) is 15.1 Å². The molecule has 10 atom stereocenters. The van der Waals surface area contributed by atoms with Crippen molar-refractivity contribution in [1.29, 1.82) is 0 Å². The number of fused-ring (bicyclic) bond motifs is 4. The molecule has 380 valence electrons. The van der Waals surface area contributed by atoms with E-state index in [1.165, 1.54) is 23.1 Å². The highest BCUT2D eigenvalue weighted by molar-refractivity contribution is 14.1. The molecule has 0 unspecified atom stereocenters. The van der Waals surface area contributed by atoms with Gasteiger partial charge in [-0.3, -0.25) is 33.7 Å². The summed E-state index contributed by atoms with van der Waals surface area (Å²) in [5.74, 6) is -5.06. The van der Waals surface area contributed by atoms with E-state index in [-0.39, 0.29) is 50.2 Å². The predicted octanol–water partition coefficient (Wildman–Crippen LogP) is 7.62. The zero-order chi connectivity index (χ0) is 52.0. The molecule has 0 radical (unpaired) electrons. The average molecular weight is 1120 g/mol. The number of piperazine rings is 1. The Hall–Kier alpha value is -7.83. The van der Waals surface area contributed by atoms with Crippen LogP contribution in [0.4, 0.5) is 5.69 Å². The van der Waals surface area contributed by atoms with Crippen molar-refractivity contribution < 1.29 is 52.8 Å². The normalized spacial score (nSPS) is 26.6. The van der Waals surface area contributed by atoms with E-state index >= 15 is 4.79 Å². The quantitative estimate of drug-likeness (QED) is 0.0319. The number of hydrogen-bond donors (Lipinski definition) is 3. The van der Waals surface area contributed by atoms with Gasteiger partial charge in [0.2, 0.25) is 17.7 Å². The molecule has 6 aromatic rings. The Labute approximate surface area is 445 Å². The van der Waals surface area contributed by atoms with Crippen LogP contribution in [0.2, 0.25) is 0 Å². The fourth-order valence-corrected chi connectivity index (χ4v) is 12.6. The molecule has 15 nitrogen and oxygen atoms in total. The van der Waals surface area contributed by atoms with Crippen LogP contribution in [0, 0.1) is 15.4 Å². The maximum atomic E-state index is 15.2. The minimum atomic E-state index is -1.71. The van der Waals surface area contributed by atoms with E-state index in [0.717, 1.165) is 20.3 Å². The van der Waals surface area contributed by atoms with Crippen LogP contribution in [0.1, 0.15) is 64.0 Å². The number of halogens is 1. The van der Waals surface area contributed by atoms with Crippen molar-refractivity contribution in [3.8, 4) is 11.5 Å². The van der Waals surface area contributed by atoms with E-state index in [4.69, 9.17) is 18.9 Å². The number of ether oxygens (including phenoxy) is 4. The average Bonchev–Trinajstić information content (AvgIpc) is 4.16. The molecular weight excluding hydrogens is 1070 g/mol. The second kappa shape index (κ2) is 20.5. The van der Waals surface area contributed by atoms with Gasteiger partial charge < -0.3 is 39.6 Å². The lowest BCUT2D eigenvalue weighted by Crippen LogP contribution is -2.62. The SMILES string of the molecule is C=CCOC(=O)[C@@H]1[C@H]2C(=O)O[C@H](c3ccccc3)[C@H](c3ccccc3)N2[C@H](c2ccc(OCCOC(=O)[C@H]3C[C@H]4C(=O)N[C@@H](Cc5ccccc5)C(=O)N4[C@H]3c3ccc(O)cc3)cc2)[C@@]12C(=O)Nc1ccc(I)cc12. The van der Waals surface area contributed by atoms with Crippen molar-refractivity contribution in [2.24, 2.45) is 11.8 Å². The zero-order valence-corrected chi connectivity index (χ0v) is 42.5. The molecule has 0 saturated carbocycles. The van der Waals surface area contributed by atoms with E-state index in [1.807, 2.05) is 120 Å². The molecule has 6 aromatic carbocycles. The van der Waals surface area contributed by atoms with Crippen LogP contribution in [-0.4, -0.2) is 88.5 Å². The van der Waals surface area contributed by atoms with Crippen LogP contribution in [0.15, 0.2) is 170 Å². The Kier molecular flexibility index (Phi) is 13.5. The van der Waals surface area contributed by atoms with Crippen molar-refractivity contribution in [2.45, 2.75) is 60.6 Å². The van der Waals surface area contributed by atoms with Crippen LogP contribution in [0.25, 0.3) is 0 Å². The Morgan fingerprint density at radius 2 is 1.40 bits per heavy atom. The number of rotatable bonds is 14. The molecule has 0 aliphatic carbocycles. The number of morpholine rings is 1. The number of esters is 3. The van der Waals surface area contributed by atoms with Gasteiger partial charge in [-0.25, -0.2) is 0 Å².